The monoisotopic (exact) mass is 293 g/mol. The number of hydrogen-bond acceptors (Lipinski definition) is 2. The van der Waals surface area contributed by atoms with Crippen LogP contribution in [0.4, 0.5) is 0 Å². The van der Waals surface area contributed by atoms with Gasteiger partial charge in [0.2, 0.25) is 0 Å². The van der Waals surface area contributed by atoms with Crippen LogP contribution in [0.1, 0.15) is 39.0 Å². The fourth-order valence-electron chi connectivity index (χ4n) is 2.37. The minimum absolute atomic E-state index is 0.897. The van der Waals surface area contributed by atoms with Crippen molar-refractivity contribution in [3.8, 4) is 0 Å². The molecule has 0 spiro atoms. The summed E-state index contributed by atoms with van der Waals surface area (Å²) < 4.78 is 0. The molecule has 0 aromatic carbocycles. The molecule has 1 rings (SSSR count). The van der Waals surface area contributed by atoms with E-state index < -0.39 is 0 Å². The second-order valence-electron chi connectivity index (χ2n) is 4.21. The Morgan fingerprint density at radius 2 is 2.00 bits per heavy atom. The fourth-order valence-corrected chi connectivity index (χ4v) is 3.45. The topological polar surface area (TPSA) is 3.24 Å². The molecule has 0 aromatic heterocycles. The molecule has 0 aliphatic heterocycles. The quantitative estimate of drug-likeness (QED) is 0.495. The molecule has 0 radical (unpaired) electrons. The minimum atomic E-state index is 0.897. The molecule has 0 amide bonds. The molecule has 0 unspecified atom stereocenters. The van der Waals surface area contributed by atoms with Crippen molar-refractivity contribution >= 4 is 27.7 Å². The number of hydrogen-bond donors (Lipinski definition) is 0. The van der Waals surface area contributed by atoms with Gasteiger partial charge in [-0.05, 0) is 37.3 Å². The first-order chi connectivity index (χ1) is 7.38. The third kappa shape index (κ3) is 5.60. The average Bonchev–Trinajstić information content (AvgIpc) is 2.76. The second kappa shape index (κ2) is 8.89. The van der Waals surface area contributed by atoms with Gasteiger partial charge in [0.1, 0.15) is 0 Å². The highest BCUT2D eigenvalue weighted by Gasteiger charge is 2.21. The Balaban J connectivity index is 2.17. The molecule has 1 saturated carbocycles. The Bertz CT molecular complexity index is 149. The molecule has 0 saturated heterocycles. The van der Waals surface area contributed by atoms with Gasteiger partial charge in [-0.2, -0.15) is 11.8 Å². The summed E-state index contributed by atoms with van der Waals surface area (Å²) in [5.41, 5.74) is 0. The Morgan fingerprint density at radius 1 is 1.27 bits per heavy atom. The van der Waals surface area contributed by atoms with E-state index in [0.29, 0.717) is 0 Å². The smallest absolute Gasteiger partial charge is 0.0159 e. The first-order valence-corrected chi connectivity index (χ1v) is 8.54. The highest BCUT2D eigenvalue weighted by atomic mass is 79.9. The number of nitrogens with zero attached hydrogens (tertiary/aromatic N) is 1. The summed E-state index contributed by atoms with van der Waals surface area (Å²) in [5, 5.41) is 1.13. The lowest BCUT2D eigenvalue weighted by molar-refractivity contribution is 0.212. The van der Waals surface area contributed by atoms with Gasteiger partial charge in [0.05, 0.1) is 0 Å². The maximum atomic E-state index is 3.57. The van der Waals surface area contributed by atoms with Crippen LogP contribution >= 0.6 is 27.7 Å². The Hall–Kier alpha value is 0.790. The SMILES string of the molecule is CCSCCCN(CCBr)C1CCCC1. The van der Waals surface area contributed by atoms with Gasteiger partial charge >= 0.3 is 0 Å². The molecule has 0 N–H and O–H groups in total. The summed E-state index contributed by atoms with van der Waals surface area (Å²) in [4.78, 5) is 2.71. The van der Waals surface area contributed by atoms with E-state index in [1.807, 2.05) is 0 Å². The van der Waals surface area contributed by atoms with Crippen LogP contribution in [0.25, 0.3) is 0 Å². The van der Waals surface area contributed by atoms with Crippen LogP contribution in [0.2, 0.25) is 0 Å². The van der Waals surface area contributed by atoms with E-state index in [4.69, 9.17) is 0 Å². The fraction of sp³-hybridized carbons (Fsp3) is 1.00. The number of thioether (sulfide) groups is 1. The lowest BCUT2D eigenvalue weighted by Crippen LogP contribution is -2.35. The molecule has 1 nitrogen and oxygen atoms in total. The normalized spacial score (nSPS) is 17.8. The molecule has 90 valence electrons. The van der Waals surface area contributed by atoms with Crippen molar-refractivity contribution in [3.05, 3.63) is 0 Å². The van der Waals surface area contributed by atoms with E-state index in [1.165, 1.54) is 56.7 Å². The zero-order chi connectivity index (χ0) is 10.9. The van der Waals surface area contributed by atoms with Gasteiger partial charge in [-0.25, -0.2) is 0 Å². The van der Waals surface area contributed by atoms with Crippen molar-refractivity contribution in [1.82, 2.24) is 4.90 Å². The van der Waals surface area contributed by atoms with Gasteiger partial charge in [0.25, 0.3) is 0 Å². The van der Waals surface area contributed by atoms with E-state index in [1.54, 1.807) is 0 Å². The maximum Gasteiger partial charge on any atom is 0.0159 e. The van der Waals surface area contributed by atoms with E-state index in [-0.39, 0.29) is 0 Å². The zero-order valence-electron chi connectivity index (χ0n) is 9.88. The number of rotatable bonds is 8. The first-order valence-electron chi connectivity index (χ1n) is 6.26. The maximum absolute atomic E-state index is 3.57. The Labute approximate surface area is 107 Å². The van der Waals surface area contributed by atoms with Crippen LogP contribution in [0.3, 0.4) is 0 Å². The average molecular weight is 294 g/mol. The summed E-state index contributed by atoms with van der Waals surface area (Å²) in [6.45, 7) is 4.79. The molecule has 3 heteroatoms. The second-order valence-corrected chi connectivity index (χ2v) is 6.40. The van der Waals surface area contributed by atoms with Crippen molar-refractivity contribution in [3.63, 3.8) is 0 Å². The van der Waals surface area contributed by atoms with Gasteiger partial charge in [-0.1, -0.05) is 35.7 Å². The van der Waals surface area contributed by atoms with Crippen molar-refractivity contribution < 1.29 is 0 Å². The molecule has 0 bridgehead atoms. The van der Waals surface area contributed by atoms with E-state index >= 15 is 0 Å². The third-order valence-electron chi connectivity index (χ3n) is 3.15. The molecular formula is C12H24BrNS. The first kappa shape index (κ1) is 13.9. The van der Waals surface area contributed by atoms with Gasteiger partial charge in [-0.3, -0.25) is 4.90 Å². The van der Waals surface area contributed by atoms with Gasteiger partial charge in [0, 0.05) is 17.9 Å². The largest absolute Gasteiger partial charge is 0.300 e. The molecule has 1 fully saturated rings. The van der Waals surface area contributed by atoms with E-state index in [9.17, 15) is 0 Å². The third-order valence-corrected chi connectivity index (χ3v) is 4.49. The van der Waals surface area contributed by atoms with Crippen molar-refractivity contribution in [2.24, 2.45) is 0 Å². The summed E-state index contributed by atoms with van der Waals surface area (Å²) in [6.07, 6.45) is 7.14. The van der Waals surface area contributed by atoms with Gasteiger partial charge in [0.15, 0.2) is 0 Å². The molecular weight excluding hydrogens is 270 g/mol. The van der Waals surface area contributed by atoms with Crippen LogP contribution in [0, 0.1) is 0 Å². The predicted molar refractivity (Wildman–Crippen MR) is 75.2 cm³/mol. The molecule has 1 aliphatic carbocycles. The van der Waals surface area contributed by atoms with Crippen molar-refractivity contribution in [2.45, 2.75) is 45.1 Å². The molecule has 0 aromatic rings. The summed E-state index contributed by atoms with van der Waals surface area (Å²) in [7, 11) is 0. The van der Waals surface area contributed by atoms with Crippen molar-refractivity contribution in [1.29, 1.82) is 0 Å². The lowest BCUT2D eigenvalue weighted by Gasteiger charge is -2.28. The van der Waals surface area contributed by atoms with Crippen LogP contribution in [-0.4, -0.2) is 40.9 Å². The van der Waals surface area contributed by atoms with Gasteiger partial charge < -0.3 is 0 Å². The summed E-state index contributed by atoms with van der Waals surface area (Å²) >= 11 is 5.65. The van der Waals surface area contributed by atoms with Crippen LogP contribution < -0.4 is 0 Å². The number of alkyl halides is 1. The Kier molecular flexibility index (Phi) is 8.21. The molecule has 15 heavy (non-hydrogen) atoms. The minimum Gasteiger partial charge on any atom is -0.300 e. The number of halogens is 1. The molecule has 0 heterocycles. The summed E-state index contributed by atoms with van der Waals surface area (Å²) in [5.74, 6) is 2.60. The highest BCUT2D eigenvalue weighted by Crippen LogP contribution is 2.23. The zero-order valence-corrected chi connectivity index (χ0v) is 12.3. The Morgan fingerprint density at radius 3 is 2.60 bits per heavy atom. The highest BCUT2D eigenvalue weighted by molar-refractivity contribution is 9.09. The standard InChI is InChI=1S/C12H24BrNS/c1-2-15-11-5-9-14(10-8-13)12-6-3-4-7-12/h12H,2-11H2,1H3. The summed E-state index contributed by atoms with van der Waals surface area (Å²) in [6, 6.07) is 0.897. The molecule has 0 atom stereocenters. The lowest BCUT2D eigenvalue weighted by atomic mass is 10.2. The molecule has 1 aliphatic rings. The van der Waals surface area contributed by atoms with Crippen LogP contribution in [-0.2, 0) is 0 Å². The van der Waals surface area contributed by atoms with Gasteiger partial charge in [-0.15, -0.1) is 0 Å². The van der Waals surface area contributed by atoms with Crippen LogP contribution in [0.15, 0.2) is 0 Å². The van der Waals surface area contributed by atoms with E-state index in [0.717, 1.165) is 11.4 Å². The van der Waals surface area contributed by atoms with Crippen molar-refractivity contribution in [2.75, 3.05) is 29.9 Å². The predicted octanol–water partition coefficient (Wildman–Crippen LogP) is 3.77. The van der Waals surface area contributed by atoms with Crippen LogP contribution in [0.5, 0.6) is 0 Å². The van der Waals surface area contributed by atoms with E-state index in [2.05, 4.69) is 39.5 Å².